The van der Waals surface area contributed by atoms with Crippen molar-refractivity contribution < 1.29 is 27.7 Å². The Balaban J connectivity index is 2.12. The van der Waals surface area contributed by atoms with E-state index in [2.05, 4.69) is 21.2 Å². The van der Waals surface area contributed by atoms with Crippen LogP contribution in [0, 0.1) is 16.0 Å². The molecule has 230 valence electrons. The van der Waals surface area contributed by atoms with Gasteiger partial charge in [-0.05, 0) is 35.2 Å². The van der Waals surface area contributed by atoms with E-state index in [1.807, 2.05) is 56.3 Å². The van der Waals surface area contributed by atoms with Crippen LogP contribution < -0.4 is 14.4 Å². The molecule has 11 nitrogen and oxygen atoms in total. The number of benzene rings is 3. The largest absolute Gasteiger partial charge is 0.495 e. The lowest BCUT2D eigenvalue weighted by Crippen LogP contribution is -2.53. The summed E-state index contributed by atoms with van der Waals surface area (Å²) in [5.74, 6) is -0.894. The summed E-state index contributed by atoms with van der Waals surface area (Å²) in [4.78, 5) is 40.1. The minimum absolute atomic E-state index is 0.00541. The molecule has 3 aromatic rings. The minimum Gasteiger partial charge on any atom is -0.495 e. The summed E-state index contributed by atoms with van der Waals surface area (Å²) in [7, 11) is -2.86. The summed E-state index contributed by atoms with van der Waals surface area (Å²) >= 11 is 3.44. The first-order valence-corrected chi connectivity index (χ1v) is 16.1. The normalized spacial score (nSPS) is 12.0. The Bertz CT molecular complexity index is 1550. The van der Waals surface area contributed by atoms with Gasteiger partial charge in [0.05, 0.1) is 18.3 Å². The summed E-state index contributed by atoms with van der Waals surface area (Å²) in [6.07, 6.45) is 1.07. The molecule has 3 rings (SSSR count). The van der Waals surface area contributed by atoms with Crippen LogP contribution in [-0.2, 0) is 32.6 Å². The van der Waals surface area contributed by atoms with E-state index in [4.69, 9.17) is 4.74 Å². The van der Waals surface area contributed by atoms with Crippen molar-refractivity contribution in [2.75, 3.05) is 30.8 Å². The first kappa shape index (κ1) is 33.5. The molecule has 0 saturated heterocycles. The second kappa shape index (κ2) is 15.0. The summed E-state index contributed by atoms with van der Waals surface area (Å²) in [5.41, 5.74) is 0.965. The molecule has 43 heavy (non-hydrogen) atoms. The number of hydrogen-bond donors (Lipinski definition) is 1. The Labute approximate surface area is 260 Å². The molecule has 0 aliphatic rings. The topological polar surface area (TPSA) is 139 Å². The van der Waals surface area contributed by atoms with Gasteiger partial charge in [-0.15, -0.1) is 0 Å². The number of sulfonamides is 1. The Morgan fingerprint density at radius 3 is 2.28 bits per heavy atom. The van der Waals surface area contributed by atoms with Gasteiger partial charge < -0.3 is 15.0 Å². The van der Waals surface area contributed by atoms with E-state index < -0.39 is 33.4 Å². The van der Waals surface area contributed by atoms with Crippen LogP contribution in [0.3, 0.4) is 0 Å². The van der Waals surface area contributed by atoms with Gasteiger partial charge in [0.15, 0.2) is 0 Å². The van der Waals surface area contributed by atoms with Gasteiger partial charge in [0.25, 0.3) is 5.69 Å². The summed E-state index contributed by atoms with van der Waals surface area (Å²) in [6, 6.07) is 18.9. The molecule has 0 aliphatic heterocycles. The van der Waals surface area contributed by atoms with Crippen molar-refractivity contribution >= 4 is 49.1 Å². The fourth-order valence-corrected chi connectivity index (χ4v) is 5.68. The Kier molecular flexibility index (Phi) is 11.7. The third kappa shape index (κ3) is 9.52. The van der Waals surface area contributed by atoms with Crippen LogP contribution in [0.4, 0.5) is 11.4 Å². The number of hydrogen-bond acceptors (Lipinski definition) is 7. The van der Waals surface area contributed by atoms with E-state index in [0.717, 1.165) is 26.7 Å². The zero-order chi connectivity index (χ0) is 31.7. The molecule has 0 radical (unpaired) electrons. The maximum Gasteiger partial charge on any atom is 0.271 e. The second-order valence-electron chi connectivity index (χ2n) is 10.4. The first-order chi connectivity index (χ1) is 20.3. The smallest absolute Gasteiger partial charge is 0.271 e. The third-order valence-corrected chi connectivity index (χ3v) is 8.14. The van der Waals surface area contributed by atoms with E-state index in [1.165, 1.54) is 24.1 Å². The van der Waals surface area contributed by atoms with E-state index in [1.54, 1.807) is 12.1 Å². The van der Waals surface area contributed by atoms with Gasteiger partial charge >= 0.3 is 0 Å². The highest BCUT2D eigenvalue weighted by atomic mass is 79.9. The van der Waals surface area contributed by atoms with Gasteiger partial charge in [-0.25, -0.2) is 8.42 Å². The quantitative estimate of drug-likeness (QED) is 0.196. The molecule has 0 unspecified atom stereocenters. The molecule has 0 heterocycles. The summed E-state index contributed by atoms with van der Waals surface area (Å²) < 4.78 is 32.9. The predicted molar refractivity (Wildman–Crippen MR) is 168 cm³/mol. The Morgan fingerprint density at radius 2 is 1.70 bits per heavy atom. The van der Waals surface area contributed by atoms with Crippen molar-refractivity contribution in [3.05, 3.63) is 98.5 Å². The molecule has 13 heteroatoms. The highest BCUT2D eigenvalue weighted by Crippen LogP contribution is 2.34. The number of methoxy groups -OCH3 is 1. The van der Waals surface area contributed by atoms with E-state index in [-0.39, 0.29) is 41.9 Å². The molecule has 1 atom stereocenters. The van der Waals surface area contributed by atoms with Crippen LogP contribution in [0.5, 0.6) is 5.75 Å². The zero-order valence-corrected chi connectivity index (χ0v) is 26.8. The van der Waals surface area contributed by atoms with Gasteiger partial charge in [-0.1, -0.05) is 72.2 Å². The number of halogens is 1. The standard InChI is InChI=1S/C30H35BrN4O7S/c1-21(2)18-32-30(37)27(16-22-9-6-5-7-10-22)33(19-23-11-8-12-24(31)15-23)29(36)20-34(43(4,40)41)26-17-25(35(38)39)13-14-28(26)42-3/h5-15,17,21,27H,16,18-20H2,1-4H3,(H,32,37)/t27-/m0/s1. The summed E-state index contributed by atoms with van der Waals surface area (Å²) in [5, 5.41) is 14.4. The fraction of sp³-hybridized carbons (Fsp3) is 0.333. The van der Waals surface area contributed by atoms with Crippen molar-refractivity contribution in [1.29, 1.82) is 0 Å². The van der Waals surface area contributed by atoms with Gasteiger partial charge in [-0.2, -0.15) is 0 Å². The number of rotatable bonds is 14. The monoisotopic (exact) mass is 674 g/mol. The lowest BCUT2D eigenvalue weighted by atomic mass is 10.0. The number of nitrogens with zero attached hydrogens (tertiary/aromatic N) is 3. The molecule has 0 aromatic heterocycles. The summed E-state index contributed by atoms with van der Waals surface area (Å²) in [6.45, 7) is 3.55. The number of amides is 2. The molecule has 0 fully saturated rings. The Hall–Kier alpha value is -3.97. The Morgan fingerprint density at radius 1 is 1.02 bits per heavy atom. The van der Waals surface area contributed by atoms with Crippen molar-refractivity contribution in [1.82, 2.24) is 10.2 Å². The van der Waals surface area contributed by atoms with Crippen molar-refractivity contribution in [2.45, 2.75) is 32.9 Å². The highest BCUT2D eigenvalue weighted by Gasteiger charge is 2.34. The van der Waals surface area contributed by atoms with Gasteiger partial charge in [0, 0.05) is 36.1 Å². The molecule has 0 aliphatic carbocycles. The average molecular weight is 676 g/mol. The average Bonchev–Trinajstić information content (AvgIpc) is 2.95. The number of ether oxygens (including phenoxy) is 1. The van der Waals surface area contributed by atoms with Crippen molar-refractivity contribution in [3.63, 3.8) is 0 Å². The molecule has 0 saturated carbocycles. The first-order valence-electron chi connectivity index (χ1n) is 13.5. The molecule has 0 spiro atoms. The maximum atomic E-state index is 14.2. The fourth-order valence-electron chi connectivity index (χ4n) is 4.39. The molecule has 3 aromatic carbocycles. The number of carbonyl (C=O) groups excluding carboxylic acids is 2. The number of non-ortho nitro benzene ring substituents is 1. The number of nitrogens with one attached hydrogen (secondary N) is 1. The molecular weight excluding hydrogens is 640 g/mol. The number of nitro groups is 1. The van der Waals surface area contributed by atoms with Crippen LogP contribution in [0.15, 0.2) is 77.3 Å². The van der Waals surface area contributed by atoms with Crippen LogP contribution in [0.1, 0.15) is 25.0 Å². The van der Waals surface area contributed by atoms with Crippen LogP contribution in [0.25, 0.3) is 0 Å². The van der Waals surface area contributed by atoms with Crippen molar-refractivity contribution in [2.24, 2.45) is 5.92 Å². The third-order valence-electron chi connectivity index (χ3n) is 6.52. The lowest BCUT2D eigenvalue weighted by Gasteiger charge is -2.34. The van der Waals surface area contributed by atoms with Crippen LogP contribution >= 0.6 is 15.9 Å². The van der Waals surface area contributed by atoms with E-state index in [0.29, 0.717) is 12.1 Å². The van der Waals surface area contributed by atoms with E-state index in [9.17, 15) is 28.1 Å². The zero-order valence-electron chi connectivity index (χ0n) is 24.4. The highest BCUT2D eigenvalue weighted by molar-refractivity contribution is 9.10. The number of carbonyl (C=O) groups is 2. The lowest BCUT2D eigenvalue weighted by molar-refractivity contribution is -0.384. The number of anilines is 1. The molecule has 1 N–H and O–H groups in total. The molecule has 0 bridgehead atoms. The van der Waals surface area contributed by atoms with E-state index >= 15 is 0 Å². The molecular formula is C30H35BrN4O7S. The maximum absolute atomic E-state index is 14.2. The van der Waals surface area contributed by atoms with Gasteiger partial charge in [0.2, 0.25) is 21.8 Å². The minimum atomic E-state index is -4.15. The van der Waals surface area contributed by atoms with Crippen molar-refractivity contribution in [3.8, 4) is 5.75 Å². The van der Waals surface area contributed by atoms with Gasteiger partial charge in [-0.3, -0.25) is 24.0 Å². The predicted octanol–water partition coefficient (Wildman–Crippen LogP) is 4.54. The second-order valence-corrected chi connectivity index (χ2v) is 13.2. The van der Waals surface area contributed by atoms with Gasteiger partial charge in [0.1, 0.15) is 24.0 Å². The molecule has 2 amide bonds. The SMILES string of the molecule is COc1ccc([N+](=O)[O-])cc1N(CC(=O)N(Cc1cccc(Br)c1)[C@@H](Cc1ccccc1)C(=O)NCC(C)C)S(C)(=O)=O. The van der Waals surface area contributed by atoms with Crippen LogP contribution in [0.2, 0.25) is 0 Å². The number of nitro benzene ring substituents is 1. The van der Waals surface area contributed by atoms with Crippen LogP contribution in [-0.4, -0.2) is 62.6 Å².